The van der Waals surface area contributed by atoms with Gasteiger partial charge >= 0.3 is 5.97 Å². The summed E-state index contributed by atoms with van der Waals surface area (Å²) >= 11 is 0. The minimum atomic E-state index is -1.63. The Morgan fingerprint density at radius 1 is 0.527 bits per heavy atom. The zero-order valence-electron chi connectivity index (χ0n) is 47.5. The number of rotatable bonds is 51. The van der Waals surface area contributed by atoms with E-state index in [2.05, 4.69) is 74.7 Å². The van der Waals surface area contributed by atoms with Crippen molar-refractivity contribution < 1.29 is 49.3 Å². The van der Waals surface area contributed by atoms with E-state index < -0.39 is 67.4 Å². The fraction of sp³-hybridized carbons (Fsp3) is 0.810. The zero-order chi connectivity index (χ0) is 54.0. The lowest BCUT2D eigenvalue weighted by Crippen LogP contribution is -2.61. The zero-order valence-corrected chi connectivity index (χ0v) is 47.5. The number of hydrogen-bond donors (Lipinski definition) is 6. The van der Waals surface area contributed by atoms with Gasteiger partial charge in [-0.2, -0.15) is 0 Å². The fourth-order valence-electron chi connectivity index (χ4n) is 9.28. The van der Waals surface area contributed by atoms with Crippen LogP contribution in [-0.4, -0.2) is 99.6 Å². The number of carbonyl (C=O) groups excluding carboxylic acids is 2. The molecule has 1 aliphatic rings. The van der Waals surface area contributed by atoms with E-state index in [-0.39, 0.29) is 13.0 Å². The van der Waals surface area contributed by atoms with Crippen LogP contribution in [0.5, 0.6) is 0 Å². The number of allylic oxidation sites excluding steroid dienone is 9. The molecular weight excluding hydrogens is 931 g/mol. The van der Waals surface area contributed by atoms with E-state index in [1.54, 1.807) is 6.08 Å². The van der Waals surface area contributed by atoms with Crippen molar-refractivity contribution >= 4 is 11.9 Å². The van der Waals surface area contributed by atoms with Crippen molar-refractivity contribution in [3.8, 4) is 0 Å². The van der Waals surface area contributed by atoms with Gasteiger partial charge < -0.3 is 45.1 Å². The Hall–Kier alpha value is -2.64. The maximum atomic E-state index is 13.4. The van der Waals surface area contributed by atoms with Gasteiger partial charge in [0.1, 0.15) is 24.4 Å². The SMILES string of the molecule is CCCCC/C=C\C/C=C\C/C=C\C/C=C\CCCCCC(=O)OC1C(OCC(NC(=O)C(O)CCCCCCCCCCCCCCCC)C(O)/C=C/CCCCCCCCCCCC)OC(CO)C(O)C1O. The van der Waals surface area contributed by atoms with Gasteiger partial charge in [-0.15, -0.1) is 0 Å². The summed E-state index contributed by atoms with van der Waals surface area (Å²) in [5.41, 5.74) is 0. The van der Waals surface area contributed by atoms with Crippen molar-refractivity contribution in [1.82, 2.24) is 5.32 Å². The van der Waals surface area contributed by atoms with E-state index in [1.165, 1.54) is 141 Å². The van der Waals surface area contributed by atoms with E-state index in [9.17, 15) is 35.1 Å². The lowest BCUT2D eigenvalue weighted by Gasteiger charge is -2.41. The molecule has 0 spiro atoms. The quantitative estimate of drug-likeness (QED) is 0.0195. The second-order valence-electron chi connectivity index (χ2n) is 21.1. The smallest absolute Gasteiger partial charge is 0.306 e. The van der Waals surface area contributed by atoms with Gasteiger partial charge in [0.25, 0.3) is 0 Å². The lowest BCUT2D eigenvalue weighted by atomic mass is 9.99. The van der Waals surface area contributed by atoms with E-state index in [0.717, 1.165) is 77.0 Å². The van der Waals surface area contributed by atoms with Crippen molar-refractivity contribution in [2.24, 2.45) is 0 Å². The molecule has 74 heavy (non-hydrogen) atoms. The molecule has 11 heteroatoms. The van der Waals surface area contributed by atoms with Gasteiger partial charge in [-0.3, -0.25) is 9.59 Å². The average Bonchev–Trinajstić information content (AvgIpc) is 3.40. The first-order valence-electron chi connectivity index (χ1n) is 30.6. The van der Waals surface area contributed by atoms with Gasteiger partial charge in [-0.05, 0) is 70.6 Å². The topological polar surface area (TPSA) is 175 Å². The fourth-order valence-corrected chi connectivity index (χ4v) is 9.28. The molecule has 8 atom stereocenters. The van der Waals surface area contributed by atoms with Crippen LogP contribution >= 0.6 is 0 Å². The second-order valence-corrected chi connectivity index (χ2v) is 21.1. The van der Waals surface area contributed by atoms with Gasteiger partial charge in [0.2, 0.25) is 5.91 Å². The standard InChI is InChI=1S/C63H113NO10/c1-4-7-10-13-16-19-22-25-27-28-29-30-31-33-36-39-42-45-48-51-58(68)74-61-60(70)59(69)57(52-65)73-63(61)72-53-54(55(66)49-46-43-40-37-34-24-21-18-15-12-9-6-3)64-62(71)56(67)50-47-44-41-38-35-32-26-23-20-17-14-11-8-5-2/h16,19,25,27,29-30,33,36,46,49,54-57,59-61,63,65-67,69-70H,4-15,17-18,20-24,26,28,31-32,34-35,37-45,47-48,50-53H2,1-3H3,(H,64,71)/b19-16-,27-25-,30-29-,36-33-,49-46+. The molecule has 0 aromatic heterocycles. The maximum absolute atomic E-state index is 13.4. The molecule has 1 saturated heterocycles. The summed E-state index contributed by atoms with van der Waals surface area (Å²) in [7, 11) is 0. The third-order valence-electron chi connectivity index (χ3n) is 14.2. The van der Waals surface area contributed by atoms with E-state index in [0.29, 0.717) is 19.3 Å². The molecule has 0 saturated carbocycles. The Labute approximate surface area is 452 Å². The number of esters is 1. The molecule has 430 valence electrons. The van der Waals surface area contributed by atoms with Crippen molar-refractivity contribution in [1.29, 1.82) is 0 Å². The van der Waals surface area contributed by atoms with Gasteiger partial charge in [-0.1, -0.05) is 248 Å². The van der Waals surface area contributed by atoms with Crippen LogP contribution in [0.4, 0.5) is 0 Å². The number of ether oxygens (including phenoxy) is 3. The molecule has 0 radical (unpaired) electrons. The van der Waals surface area contributed by atoms with Crippen molar-refractivity contribution in [3.05, 3.63) is 60.8 Å². The third-order valence-corrected chi connectivity index (χ3v) is 14.2. The summed E-state index contributed by atoms with van der Waals surface area (Å²) in [5.74, 6) is -1.22. The van der Waals surface area contributed by atoms with Crippen LogP contribution in [0.3, 0.4) is 0 Å². The molecule has 1 amide bonds. The maximum Gasteiger partial charge on any atom is 0.306 e. The molecule has 1 rings (SSSR count). The number of aliphatic hydroxyl groups is 5. The molecule has 1 aliphatic heterocycles. The van der Waals surface area contributed by atoms with Crippen LogP contribution in [0, 0.1) is 0 Å². The van der Waals surface area contributed by atoms with Crippen LogP contribution < -0.4 is 5.32 Å². The number of unbranched alkanes of at least 4 members (excludes halogenated alkanes) is 29. The summed E-state index contributed by atoms with van der Waals surface area (Å²) in [4.78, 5) is 26.5. The van der Waals surface area contributed by atoms with Crippen molar-refractivity contribution in [2.45, 2.75) is 314 Å². The normalized spacial score (nSPS) is 19.7. The van der Waals surface area contributed by atoms with Crippen LogP contribution in [0.2, 0.25) is 0 Å². The van der Waals surface area contributed by atoms with Crippen LogP contribution in [0.15, 0.2) is 60.8 Å². The summed E-state index contributed by atoms with van der Waals surface area (Å²) < 4.78 is 17.6. The summed E-state index contributed by atoms with van der Waals surface area (Å²) in [6.45, 7) is 5.74. The highest BCUT2D eigenvalue weighted by molar-refractivity contribution is 5.80. The van der Waals surface area contributed by atoms with Crippen LogP contribution in [0.25, 0.3) is 0 Å². The van der Waals surface area contributed by atoms with Gasteiger partial charge in [-0.25, -0.2) is 0 Å². The number of carbonyl (C=O) groups is 2. The third kappa shape index (κ3) is 38.8. The summed E-state index contributed by atoms with van der Waals surface area (Å²) in [6, 6.07) is -1.03. The molecule has 0 aromatic rings. The first-order valence-corrected chi connectivity index (χ1v) is 30.6. The van der Waals surface area contributed by atoms with Gasteiger partial charge in [0.15, 0.2) is 12.4 Å². The Morgan fingerprint density at radius 3 is 1.42 bits per heavy atom. The van der Waals surface area contributed by atoms with Crippen molar-refractivity contribution in [3.63, 3.8) is 0 Å². The molecule has 0 aromatic carbocycles. The predicted octanol–water partition coefficient (Wildman–Crippen LogP) is 14.2. The largest absolute Gasteiger partial charge is 0.454 e. The molecule has 0 aliphatic carbocycles. The number of amides is 1. The highest BCUT2D eigenvalue weighted by Crippen LogP contribution is 2.26. The van der Waals surface area contributed by atoms with E-state index in [1.807, 2.05) is 6.08 Å². The highest BCUT2D eigenvalue weighted by Gasteiger charge is 2.47. The highest BCUT2D eigenvalue weighted by atomic mass is 16.7. The number of nitrogens with one attached hydrogen (secondary N) is 1. The first kappa shape index (κ1) is 69.4. The number of aliphatic hydroxyl groups excluding tert-OH is 5. The van der Waals surface area contributed by atoms with Gasteiger partial charge in [0, 0.05) is 6.42 Å². The minimum absolute atomic E-state index is 0.0858. The second kappa shape index (κ2) is 51.1. The Bertz CT molecular complexity index is 1430. The molecule has 1 heterocycles. The van der Waals surface area contributed by atoms with Crippen molar-refractivity contribution in [2.75, 3.05) is 13.2 Å². The predicted molar refractivity (Wildman–Crippen MR) is 306 cm³/mol. The van der Waals surface area contributed by atoms with Gasteiger partial charge in [0.05, 0.1) is 25.4 Å². The monoisotopic (exact) mass is 1040 g/mol. The number of hydrogen-bond acceptors (Lipinski definition) is 10. The van der Waals surface area contributed by atoms with E-state index in [4.69, 9.17) is 14.2 Å². The van der Waals surface area contributed by atoms with E-state index >= 15 is 0 Å². The summed E-state index contributed by atoms with van der Waals surface area (Å²) in [6.07, 6.45) is 52.5. The Morgan fingerprint density at radius 2 is 0.932 bits per heavy atom. The minimum Gasteiger partial charge on any atom is -0.454 e. The molecular formula is C63H113NO10. The van der Waals surface area contributed by atoms with Crippen LogP contribution in [0.1, 0.15) is 265 Å². The molecule has 11 nitrogen and oxygen atoms in total. The Kier molecular flexibility index (Phi) is 47.9. The molecule has 8 unspecified atom stereocenters. The lowest BCUT2D eigenvalue weighted by molar-refractivity contribution is -0.305. The molecule has 6 N–H and O–H groups in total. The molecule has 0 bridgehead atoms. The first-order chi connectivity index (χ1) is 36.2. The average molecular weight is 1040 g/mol. The molecule has 1 fully saturated rings. The Balaban J connectivity index is 2.71. The van der Waals surface area contributed by atoms with Crippen LogP contribution in [-0.2, 0) is 23.8 Å². The summed E-state index contributed by atoms with van der Waals surface area (Å²) in [5, 5.41) is 56.9.